The molecule has 2 aliphatic heterocycles. The lowest BCUT2D eigenvalue weighted by Gasteiger charge is -2.43. The maximum atomic E-state index is 12.7. The Balaban J connectivity index is 1.41. The van der Waals surface area contributed by atoms with Crippen LogP contribution in [0.2, 0.25) is 0 Å². The van der Waals surface area contributed by atoms with Gasteiger partial charge in [-0.25, -0.2) is 4.79 Å². The third-order valence-corrected chi connectivity index (χ3v) is 6.08. The van der Waals surface area contributed by atoms with Gasteiger partial charge in [0.2, 0.25) is 0 Å². The fourth-order valence-electron chi connectivity index (χ4n) is 5.11. The van der Waals surface area contributed by atoms with E-state index in [1.54, 1.807) is 0 Å². The zero-order valence-electron chi connectivity index (χ0n) is 16.7. The van der Waals surface area contributed by atoms with Crippen LogP contribution in [-0.4, -0.2) is 33.8 Å². The Labute approximate surface area is 167 Å². The van der Waals surface area contributed by atoms with Crippen molar-refractivity contribution in [3.63, 3.8) is 0 Å². The molecule has 0 spiro atoms. The van der Waals surface area contributed by atoms with Gasteiger partial charge in [0.1, 0.15) is 6.61 Å². The van der Waals surface area contributed by atoms with Crippen LogP contribution < -0.4 is 0 Å². The minimum Gasteiger partial charge on any atom is -0.445 e. The van der Waals surface area contributed by atoms with Crippen LogP contribution in [0.1, 0.15) is 47.9 Å². The van der Waals surface area contributed by atoms with Crippen molar-refractivity contribution in [1.29, 1.82) is 0 Å². The van der Waals surface area contributed by atoms with Gasteiger partial charge in [-0.15, -0.1) is 0 Å². The van der Waals surface area contributed by atoms with Crippen molar-refractivity contribution in [1.82, 2.24) is 4.90 Å². The molecule has 4 rings (SSSR count). The molecular formula is C24H29NO3. The number of amides is 1. The van der Waals surface area contributed by atoms with Crippen molar-refractivity contribution >= 4 is 6.09 Å². The molecular weight excluding hydrogens is 350 g/mol. The lowest BCUT2D eigenvalue weighted by Crippen LogP contribution is -2.54. The van der Waals surface area contributed by atoms with Gasteiger partial charge in [-0.05, 0) is 50.7 Å². The molecule has 148 valence electrons. The van der Waals surface area contributed by atoms with E-state index in [0.717, 1.165) is 18.4 Å². The minimum absolute atomic E-state index is 0.0675. The van der Waals surface area contributed by atoms with Gasteiger partial charge in [0.25, 0.3) is 0 Å². The summed E-state index contributed by atoms with van der Waals surface area (Å²) in [5.74, 6) is 0. The second kappa shape index (κ2) is 7.59. The Morgan fingerprint density at radius 2 is 1.64 bits per heavy atom. The molecule has 2 fully saturated rings. The largest absolute Gasteiger partial charge is 0.445 e. The SMILES string of the molecule is Cc1cc(C)cc(CC2(O)CC3CCC(C2)N3C(=O)OCc2ccccc2)c1. The number of fused-ring (bicyclic) bond motifs is 2. The Morgan fingerprint density at radius 3 is 2.25 bits per heavy atom. The first-order valence-corrected chi connectivity index (χ1v) is 10.2. The third-order valence-electron chi connectivity index (χ3n) is 6.08. The molecule has 2 unspecified atom stereocenters. The van der Waals surface area contributed by atoms with Crippen LogP contribution in [-0.2, 0) is 17.8 Å². The molecule has 2 bridgehead atoms. The number of piperidine rings is 1. The second-order valence-electron chi connectivity index (χ2n) is 8.64. The number of carbonyl (C=O) groups is 1. The first kappa shape index (κ1) is 19.0. The van der Waals surface area contributed by atoms with Crippen molar-refractivity contribution in [2.75, 3.05) is 0 Å². The van der Waals surface area contributed by atoms with E-state index in [-0.39, 0.29) is 18.2 Å². The summed E-state index contributed by atoms with van der Waals surface area (Å²) in [5, 5.41) is 11.3. The van der Waals surface area contributed by atoms with Crippen LogP contribution in [0, 0.1) is 13.8 Å². The molecule has 1 amide bonds. The highest BCUT2D eigenvalue weighted by molar-refractivity contribution is 5.69. The highest BCUT2D eigenvalue weighted by Gasteiger charge is 2.49. The summed E-state index contributed by atoms with van der Waals surface area (Å²) in [6.45, 7) is 4.48. The maximum Gasteiger partial charge on any atom is 0.410 e. The summed E-state index contributed by atoms with van der Waals surface area (Å²) < 4.78 is 5.57. The molecule has 4 nitrogen and oxygen atoms in total. The van der Waals surface area contributed by atoms with Crippen molar-refractivity contribution in [3.05, 3.63) is 70.8 Å². The predicted molar refractivity (Wildman–Crippen MR) is 109 cm³/mol. The van der Waals surface area contributed by atoms with Crippen molar-refractivity contribution in [2.45, 2.75) is 70.2 Å². The number of ether oxygens (including phenoxy) is 1. The number of carbonyl (C=O) groups excluding carboxylic acids is 1. The van der Waals surface area contributed by atoms with Crippen LogP contribution in [0.15, 0.2) is 48.5 Å². The van der Waals surface area contributed by atoms with E-state index in [4.69, 9.17) is 4.74 Å². The van der Waals surface area contributed by atoms with Crippen LogP contribution in [0.4, 0.5) is 4.79 Å². The summed E-state index contributed by atoms with van der Waals surface area (Å²) in [6.07, 6.45) is 3.54. The zero-order valence-corrected chi connectivity index (χ0v) is 16.7. The summed E-state index contributed by atoms with van der Waals surface area (Å²) in [7, 11) is 0. The molecule has 0 aromatic heterocycles. The maximum absolute atomic E-state index is 12.7. The highest BCUT2D eigenvalue weighted by Crippen LogP contribution is 2.42. The first-order chi connectivity index (χ1) is 13.4. The van der Waals surface area contributed by atoms with Gasteiger partial charge < -0.3 is 14.7 Å². The number of hydrogen-bond acceptors (Lipinski definition) is 3. The second-order valence-corrected chi connectivity index (χ2v) is 8.64. The topological polar surface area (TPSA) is 49.8 Å². The van der Waals surface area contributed by atoms with Gasteiger partial charge in [0.15, 0.2) is 0 Å². The lowest BCUT2D eigenvalue weighted by molar-refractivity contribution is -0.0485. The number of hydrogen-bond donors (Lipinski definition) is 1. The fourth-order valence-corrected chi connectivity index (χ4v) is 5.11. The summed E-state index contributed by atoms with van der Waals surface area (Å²) >= 11 is 0. The van der Waals surface area contributed by atoms with Gasteiger partial charge in [-0.3, -0.25) is 0 Å². The molecule has 2 heterocycles. The summed E-state index contributed by atoms with van der Waals surface area (Å²) in [5.41, 5.74) is 3.88. The molecule has 4 heteroatoms. The number of benzene rings is 2. The van der Waals surface area contributed by atoms with Crippen LogP contribution in [0.25, 0.3) is 0 Å². The molecule has 28 heavy (non-hydrogen) atoms. The number of rotatable bonds is 4. The van der Waals surface area contributed by atoms with Crippen molar-refractivity contribution in [3.8, 4) is 0 Å². The van der Waals surface area contributed by atoms with Crippen LogP contribution >= 0.6 is 0 Å². The van der Waals surface area contributed by atoms with E-state index in [1.807, 2.05) is 35.2 Å². The molecule has 2 atom stereocenters. The fraction of sp³-hybridized carbons (Fsp3) is 0.458. The third kappa shape index (κ3) is 4.07. The molecule has 0 saturated carbocycles. The van der Waals surface area contributed by atoms with Gasteiger partial charge in [-0.1, -0.05) is 59.7 Å². The first-order valence-electron chi connectivity index (χ1n) is 10.2. The van der Waals surface area contributed by atoms with E-state index in [0.29, 0.717) is 25.9 Å². The number of aliphatic hydroxyl groups is 1. The average molecular weight is 380 g/mol. The molecule has 0 aliphatic carbocycles. The van der Waals surface area contributed by atoms with Crippen LogP contribution in [0.3, 0.4) is 0 Å². The van der Waals surface area contributed by atoms with Gasteiger partial charge >= 0.3 is 6.09 Å². The normalized spacial score (nSPS) is 26.3. The number of aryl methyl sites for hydroxylation is 2. The Hall–Kier alpha value is -2.33. The van der Waals surface area contributed by atoms with E-state index in [9.17, 15) is 9.90 Å². The van der Waals surface area contributed by atoms with Gasteiger partial charge in [-0.2, -0.15) is 0 Å². The van der Waals surface area contributed by atoms with Crippen molar-refractivity contribution in [2.24, 2.45) is 0 Å². The smallest absolute Gasteiger partial charge is 0.410 e. The van der Waals surface area contributed by atoms with E-state index < -0.39 is 5.60 Å². The molecule has 2 aromatic rings. The Kier molecular flexibility index (Phi) is 5.15. The predicted octanol–water partition coefficient (Wildman–Crippen LogP) is 4.54. The molecule has 0 radical (unpaired) electrons. The number of nitrogens with zero attached hydrogens (tertiary/aromatic N) is 1. The molecule has 1 N–H and O–H groups in total. The highest BCUT2D eigenvalue weighted by atomic mass is 16.6. The van der Waals surface area contributed by atoms with Crippen LogP contribution in [0.5, 0.6) is 0 Å². The summed E-state index contributed by atoms with van der Waals surface area (Å²) in [6, 6.07) is 16.4. The average Bonchev–Trinajstić information content (AvgIpc) is 2.92. The van der Waals surface area contributed by atoms with Gasteiger partial charge in [0, 0.05) is 18.5 Å². The molecule has 2 aromatic carbocycles. The summed E-state index contributed by atoms with van der Waals surface area (Å²) in [4.78, 5) is 14.6. The lowest BCUT2D eigenvalue weighted by atomic mass is 9.81. The Morgan fingerprint density at radius 1 is 1.04 bits per heavy atom. The van der Waals surface area contributed by atoms with E-state index in [1.165, 1.54) is 16.7 Å². The van der Waals surface area contributed by atoms with Gasteiger partial charge in [0.05, 0.1) is 5.60 Å². The Bertz CT molecular complexity index is 814. The zero-order chi connectivity index (χ0) is 19.7. The van der Waals surface area contributed by atoms with E-state index >= 15 is 0 Å². The molecule has 2 aliphatic rings. The molecule has 2 saturated heterocycles. The van der Waals surface area contributed by atoms with E-state index in [2.05, 4.69) is 32.0 Å². The van der Waals surface area contributed by atoms with Crippen molar-refractivity contribution < 1.29 is 14.6 Å². The quantitative estimate of drug-likeness (QED) is 0.848. The monoisotopic (exact) mass is 379 g/mol. The standard InChI is InChI=1S/C24H29NO3/c1-17-10-18(2)12-20(11-17)13-24(27)14-21-8-9-22(15-24)25(21)23(26)28-16-19-6-4-3-5-7-19/h3-7,10-12,21-22,27H,8-9,13-16H2,1-2H3. The minimum atomic E-state index is -0.748.